The van der Waals surface area contributed by atoms with Gasteiger partial charge in [0.25, 0.3) is 0 Å². The first kappa shape index (κ1) is 15.1. The highest BCUT2D eigenvalue weighted by atomic mass is 16.5. The summed E-state index contributed by atoms with van der Waals surface area (Å²) in [4.78, 5) is 11.9. The maximum absolute atomic E-state index is 11.9. The van der Waals surface area contributed by atoms with Crippen LogP contribution in [0.2, 0.25) is 0 Å². The summed E-state index contributed by atoms with van der Waals surface area (Å²) in [6, 6.07) is 5.92. The molecule has 5 heteroatoms. The van der Waals surface area contributed by atoms with Crippen LogP contribution in [0, 0.1) is 13.8 Å². The van der Waals surface area contributed by atoms with E-state index in [1.165, 1.54) is 11.1 Å². The predicted molar refractivity (Wildman–Crippen MR) is 82.6 cm³/mol. The Morgan fingerprint density at radius 1 is 1.33 bits per heavy atom. The Morgan fingerprint density at radius 3 is 2.86 bits per heavy atom. The van der Waals surface area contributed by atoms with E-state index < -0.39 is 0 Å². The summed E-state index contributed by atoms with van der Waals surface area (Å²) in [6.07, 6.45) is 2.85. The molecular formula is C16H21N3O2. The van der Waals surface area contributed by atoms with Gasteiger partial charge in [-0.1, -0.05) is 13.0 Å². The molecule has 0 spiro atoms. The van der Waals surface area contributed by atoms with Crippen molar-refractivity contribution < 1.29 is 9.53 Å². The number of H-pyrrole nitrogens is 1. The summed E-state index contributed by atoms with van der Waals surface area (Å²) in [5, 5.41) is 9.52. The molecule has 0 saturated heterocycles. The molecule has 5 nitrogen and oxygen atoms in total. The molecule has 2 rings (SSSR count). The van der Waals surface area contributed by atoms with Crippen molar-refractivity contribution in [3.8, 4) is 5.75 Å². The topological polar surface area (TPSA) is 67.0 Å². The van der Waals surface area contributed by atoms with Crippen LogP contribution in [0.1, 0.15) is 30.0 Å². The number of amides is 1. The third-order valence-corrected chi connectivity index (χ3v) is 3.44. The molecule has 1 heterocycles. The van der Waals surface area contributed by atoms with Gasteiger partial charge in [-0.05, 0) is 43.5 Å². The van der Waals surface area contributed by atoms with Crippen LogP contribution in [-0.4, -0.2) is 22.7 Å². The number of carbonyl (C=O) groups excluding carboxylic acids is 1. The smallest absolute Gasteiger partial charge is 0.228 e. The number of nitrogens with one attached hydrogen (secondary N) is 2. The number of ether oxygens (including phenoxy) is 1. The van der Waals surface area contributed by atoms with Crippen LogP contribution in [0.3, 0.4) is 0 Å². The van der Waals surface area contributed by atoms with E-state index in [0.717, 1.165) is 17.7 Å². The zero-order valence-corrected chi connectivity index (χ0v) is 12.7. The number of hydrogen-bond donors (Lipinski definition) is 2. The number of aromatic amines is 1. The van der Waals surface area contributed by atoms with Crippen molar-refractivity contribution in [2.75, 3.05) is 11.9 Å². The van der Waals surface area contributed by atoms with E-state index in [-0.39, 0.29) is 5.91 Å². The van der Waals surface area contributed by atoms with Gasteiger partial charge in [-0.15, -0.1) is 0 Å². The molecular weight excluding hydrogens is 266 g/mol. The van der Waals surface area contributed by atoms with E-state index in [1.807, 2.05) is 32.0 Å². The normalized spacial score (nSPS) is 10.4. The number of rotatable bonds is 6. The van der Waals surface area contributed by atoms with Crippen molar-refractivity contribution in [1.82, 2.24) is 10.2 Å². The average molecular weight is 287 g/mol. The van der Waals surface area contributed by atoms with E-state index in [2.05, 4.69) is 22.4 Å². The maximum atomic E-state index is 11.9. The maximum Gasteiger partial charge on any atom is 0.228 e. The number of anilines is 1. The number of aryl methyl sites for hydroxylation is 3. The van der Waals surface area contributed by atoms with Crippen molar-refractivity contribution in [3.05, 3.63) is 41.1 Å². The van der Waals surface area contributed by atoms with Crippen LogP contribution >= 0.6 is 0 Å². The van der Waals surface area contributed by atoms with Crippen LogP contribution < -0.4 is 10.1 Å². The molecule has 0 bridgehead atoms. The van der Waals surface area contributed by atoms with Crippen molar-refractivity contribution in [2.45, 2.75) is 33.6 Å². The molecule has 1 aromatic carbocycles. The van der Waals surface area contributed by atoms with Crippen molar-refractivity contribution in [3.63, 3.8) is 0 Å². The van der Waals surface area contributed by atoms with Gasteiger partial charge < -0.3 is 10.1 Å². The molecule has 112 valence electrons. The van der Waals surface area contributed by atoms with E-state index >= 15 is 0 Å². The lowest BCUT2D eigenvalue weighted by molar-refractivity contribution is -0.116. The van der Waals surface area contributed by atoms with Gasteiger partial charge in [0.1, 0.15) is 11.6 Å². The molecule has 21 heavy (non-hydrogen) atoms. The van der Waals surface area contributed by atoms with Gasteiger partial charge in [0.05, 0.1) is 19.2 Å². The van der Waals surface area contributed by atoms with Gasteiger partial charge in [-0.3, -0.25) is 9.89 Å². The summed E-state index contributed by atoms with van der Waals surface area (Å²) < 4.78 is 5.60. The quantitative estimate of drug-likeness (QED) is 0.858. The van der Waals surface area contributed by atoms with E-state index in [4.69, 9.17) is 4.74 Å². The fourth-order valence-electron chi connectivity index (χ4n) is 1.95. The zero-order chi connectivity index (χ0) is 15.2. The third kappa shape index (κ3) is 4.08. The zero-order valence-electron chi connectivity index (χ0n) is 12.7. The third-order valence-electron chi connectivity index (χ3n) is 3.44. The minimum absolute atomic E-state index is 0.0854. The van der Waals surface area contributed by atoms with Gasteiger partial charge in [-0.2, -0.15) is 5.10 Å². The summed E-state index contributed by atoms with van der Waals surface area (Å²) in [5.74, 6) is 1.38. The number of nitrogens with zero attached hydrogens (tertiary/aromatic N) is 1. The number of hydrogen-bond acceptors (Lipinski definition) is 3. The molecule has 1 amide bonds. The minimum Gasteiger partial charge on any atom is -0.493 e. The van der Waals surface area contributed by atoms with E-state index in [9.17, 15) is 4.79 Å². The minimum atomic E-state index is -0.0854. The molecule has 0 unspecified atom stereocenters. The highest BCUT2D eigenvalue weighted by molar-refractivity contribution is 5.90. The van der Waals surface area contributed by atoms with Crippen LogP contribution in [0.5, 0.6) is 5.75 Å². The average Bonchev–Trinajstić information content (AvgIpc) is 2.90. The SMILES string of the molecule is CCc1cn[nH]c1NC(=O)CCOc1ccc(C)c(C)c1. The second-order valence-electron chi connectivity index (χ2n) is 5.02. The lowest BCUT2D eigenvalue weighted by Gasteiger charge is -2.08. The summed E-state index contributed by atoms with van der Waals surface area (Å²) in [7, 11) is 0. The summed E-state index contributed by atoms with van der Waals surface area (Å²) in [5.41, 5.74) is 3.41. The molecule has 0 aliphatic rings. The van der Waals surface area contributed by atoms with E-state index in [1.54, 1.807) is 6.20 Å². The van der Waals surface area contributed by atoms with Gasteiger partial charge in [0.2, 0.25) is 5.91 Å². The molecule has 1 aromatic heterocycles. The predicted octanol–water partition coefficient (Wildman–Crippen LogP) is 3.00. The lowest BCUT2D eigenvalue weighted by Crippen LogP contribution is -2.16. The first-order valence-electron chi connectivity index (χ1n) is 7.12. The first-order valence-corrected chi connectivity index (χ1v) is 7.12. The summed E-state index contributed by atoms with van der Waals surface area (Å²) in [6.45, 7) is 6.47. The fourth-order valence-corrected chi connectivity index (χ4v) is 1.95. The van der Waals surface area contributed by atoms with Crippen LogP contribution in [0.4, 0.5) is 5.82 Å². The summed E-state index contributed by atoms with van der Waals surface area (Å²) >= 11 is 0. The van der Waals surface area contributed by atoms with Gasteiger partial charge in [-0.25, -0.2) is 0 Å². The van der Waals surface area contributed by atoms with Crippen LogP contribution in [-0.2, 0) is 11.2 Å². The standard InChI is InChI=1S/C16H21N3O2/c1-4-13-10-17-19-16(13)18-15(20)7-8-21-14-6-5-11(2)12(3)9-14/h5-6,9-10H,4,7-8H2,1-3H3,(H2,17,18,19,20). The molecule has 0 fully saturated rings. The van der Waals surface area contributed by atoms with Crippen molar-refractivity contribution in [1.29, 1.82) is 0 Å². The Kier molecular flexibility index (Phi) is 4.98. The Labute approximate surface area is 124 Å². The van der Waals surface area contributed by atoms with Crippen LogP contribution in [0.25, 0.3) is 0 Å². The molecule has 0 atom stereocenters. The molecule has 0 radical (unpaired) electrons. The van der Waals surface area contributed by atoms with Crippen LogP contribution in [0.15, 0.2) is 24.4 Å². The van der Waals surface area contributed by atoms with Crippen molar-refractivity contribution in [2.24, 2.45) is 0 Å². The molecule has 2 aromatic rings. The van der Waals surface area contributed by atoms with Gasteiger partial charge in [0.15, 0.2) is 0 Å². The highest BCUT2D eigenvalue weighted by Gasteiger charge is 2.08. The molecule has 2 N–H and O–H groups in total. The fraction of sp³-hybridized carbons (Fsp3) is 0.375. The monoisotopic (exact) mass is 287 g/mol. The second kappa shape index (κ2) is 6.92. The van der Waals surface area contributed by atoms with Gasteiger partial charge in [0, 0.05) is 5.56 Å². The Morgan fingerprint density at radius 2 is 2.14 bits per heavy atom. The highest BCUT2D eigenvalue weighted by Crippen LogP contribution is 2.16. The van der Waals surface area contributed by atoms with Crippen molar-refractivity contribution >= 4 is 11.7 Å². The molecule has 0 aliphatic carbocycles. The first-order chi connectivity index (χ1) is 10.1. The van der Waals surface area contributed by atoms with Gasteiger partial charge >= 0.3 is 0 Å². The Bertz CT molecular complexity index is 620. The Balaban J connectivity index is 1.80. The number of aromatic nitrogens is 2. The number of benzene rings is 1. The van der Waals surface area contributed by atoms with E-state index in [0.29, 0.717) is 18.8 Å². The number of carbonyl (C=O) groups is 1. The second-order valence-corrected chi connectivity index (χ2v) is 5.02. The largest absolute Gasteiger partial charge is 0.493 e. The Hall–Kier alpha value is -2.30. The molecule has 0 saturated carbocycles. The molecule has 0 aliphatic heterocycles. The lowest BCUT2D eigenvalue weighted by atomic mass is 10.1.